The molecule has 0 bridgehead atoms. The molecule has 1 aliphatic heterocycles. The van der Waals surface area contributed by atoms with Crippen LogP contribution in [0.5, 0.6) is 5.75 Å². The molecule has 0 unspecified atom stereocenters. The lowest BCUT2D eigenvalue weighted by Gasteiger charge is -2.35. The third-order valence-electron chi connectivity index (χ3n) is 6.93. The Hall–Kier alpha value is -2.86. The van der Waals surface area contributed by atoms with Gasteiger partial charge < -0.3 is 19.1 Å². The molecule has 0 atom stereocenters. The molecule has 3 heterocycles. The summed E-state index contributed by atoms with van der Waals surface area (Å²) in [5.74, 6) is 1.69. The van der Waals surface area contributed by atoms with Gasteiger partial charge in [0.1, 0.15) is 17.7 Å². The number of piperidine rings is 1. The molecule has 1 amide bonds. The molecule has 1 saturated heterocycles. The predicted octanol–water partition coefficient (Wildman–Crippen LogP) is 4.51. The van der Waals surface area contributed by atoms with E-state index in [9.17, 15) is 4.79 Å². The molecular formula is C26H32N4O2. The van der Waals surface area contributed by atoms with E-state index in [4.69, 9.17) is 4.74 Å². The van der Waals surface area contributed by atoms with E-state index in [1.165, 1.54) is 25.7 Å². The second-order valence-electron chi connectivity index (χ2n) is 9.30. The van der Waals surface area contributed by atoms with Crippen molar-refractivity contribution < 1.29 is 9.53 Å². The number of hydrogen-bond acceptors (Lipinski definition) is 4. The number of nitrogens with zero attached hydrogens (tertiary/aromatic N) is 4. The summed E-state index contributed by atoms with van der Waals surface area (Å²) in [5.41, 5.74) is 1.72. The van der Waals surface area contributed by atoms with Crippen molar-refractivity contribution in [2.75, 3.05) is 27.2 Å². The van der Waals surface area contributed by atoms with E-state index in [2.05, 4.69) is 9.88 Å². The molecule has 0 radical (unpaired) electrons. The topological polar surface area (TPSA) is 50.6 Å². The number of pyridine rings is 1. The van der Waals surface area contributed by atoms with Crippen molar-refractivity contribution in [2.45, 2.75) is 50.7 Å². The zero-order valence-corrected chi connectivity index (χ0v) is 19.0. The lowest BCUT2D eigenvalue weighted by atomic mass is 10.0. The average molecular weight is 433 g/mol. The van der Waals surface area contributed by atoms with Gasteiger partial charge in [-0.2, -0.15) is 0 Å². The Kier molecular flexibility index (Phi) is 5.87. The van der Waals surface area contributed by atoms with E-state index in [0.717, 1.165) is 54.4 Å². The standard InChI is InChI=1S/C26H32N4O2/c1-28(2)26(31)20-7-9-24-19(17-20)11-16-30(24)25-10-8-23(18-27-25)32-22-12-14-29(15-13-22)21-5-3-4-6-21/h7-11,16-18,21-22H,3-6,12-15H2,1-2H3. The number of amides is 1. The number of carbonyl (C=O) groups is 1. The fraction of sp³-hybridized carbons (Fsp3) is 0.462. The highest BCUT2D eigenvalue weighted by atomic mass is 16.5. The normalized spacial score (nSPS) is 18.3. The monoisotopic (exact) mass is 432 g/mol. The first-order chi connectivity index (χ1) is 15.6. The summed E-state index contributed by atoms with van der Waals surface area (Å²) in [6.07, 6.45) is 11.8. The summed E-state index contributed by atoms with van der Waals surface area (Å²) in [6, 6.07) is 12.6. The van der Waals surface area contributed by atoms with E-state index >= 15 is 0 Å². The number of benzene rings is 1. The number of fused-ring (bicyclic) bond motifs is 1. The molecule has 0 spiro atoms. The maximum Gasteiger partial charge on any atom is 0.253 e. The summed E-state index contributed by atoms with van der Waals surface area (Å²) >= 11 is 0. The Labute approximate surface area is 189 Å². The molecule has 2 fully saturated rings. The van der Waals surface area contributed by atoms with Gasteiger partial charge in [0.15, 0.2) is 0 Å². The molecule has 32 heavy (non-hydrogen) atoms. The van der Waals surface area contributed by atoms with Crippen molar-refractivity contribution in [1.29, 1.82) is 0 Å². The highest BCUT2D eigenvalue weighted by Gasteiger charge is 2.27. The van der Waals surface area contributed by atoms with Crippen LogP contribution in [0.1, 0.15) is 48.9 Å². The molecule has 0 N–H and O–H groups in total. The van der Waals surface area contributed by atoms with Crippen LogP contribution >= 0.6 is 0 Å². The maximum absolute atomic E-state index is 12.2. The van der Waals surface area contributed by atoms with Crippen LogP contribution in [0.3, 0.4) is 0 Å². The molecule has 3 aromatic rings. The van der Waals surface area contributed by atoms with Gasteiger partial charge in [-0.3, -0.25) is 4.79 Å². The number of rotatable bonds is 5. The maximum atomic E-state index is 12.2. The minimum absolute atomic E-state index is 0.00773. The summed E-state index contributed by atoms with van der Waals surface area (Å²) in [7, 11) is 3.54. The van der Waals surface area contributed by atoms with Gasteiger partial charge in [-0.1, -0.05) is 12.8 Å². The van der Waals surface area contributed by atoms with Crippen LogP contribution in [-0.4, -0.2) is 64.6 Å². The SMILES string of the molecule is CN(C)C(=O)c1ccc2c(ccn2-c2ccc(OC3CCN(C4CCCC4)CC3)cn2)c1. The lowest BCUT2D eigenvalue weighted by Crippen LogP contribution is -2.43. The van der Waals surface area contributed by atoms with Crippen LogP contribution in [0, 0.1) is 0 Å². The van der Waals surface area contributed by atoms with Crippen molar-refractivity contribution in [2.24, 2.45) is 0 Å². The van der Waals surface area contributed by atoms with E-state index in [-0.39, 0.29) is 12.0 Å². The van der Waals surface area contributed by atoms with Crippen LogP contribution in [0.25, 0.3) is 16.7 Å². The summed E-state index contributed by atoms with van der Waals surface area (Å²) in [4.78, 5) is 21.2. The largest absolute Gasteiger partial charge is 0.489 e. The van der Waals surface area contributed by atoms with Crippen LogP contribution < -0.4 is 4.74 Å². The number of carbonyl (C=O) groups excluding carboxylic acids is 1. The second-order valence-corrected chi connectivity index (χ2v) is 9.30. The van der Waals surface area contributed by atoms with E-state index in [1.807, 2.05) is 53.4 Å². The minimum Gasteiger partial charge on any atom is -0.489 e. The van der Waals surface area contributed by atoms with Crippen molar-refractivity contribution in [3.05, 3.63) is 54.4 Å². The Morgan fingerprint density at radius 3 is 2.50 bits per heavy atom. The highest BCUT2D eigenvalue weighted by molar-refractivity contribution is 5.98. The van der Waals surface area contributed by atoms with Crippen molar-refractivity contribution in [3.63, 3.8) is 0 Å². The minimum atomic E-state index is 0.00773. The average Bonchev–Trinajstić information content (AvgIpc) is 3.49. The Morgan fingerprint density at radius 2 is 1.81 bits per heavy atom. The van der Waals surface area contributed by atoms with Crippen molar-refractivity contribution in [3.8, 4) is 11.6 Å². The van der Waals surface area contributed by atoms with Crippen LogP contribution in [-0.2, 0) is 0 Å². The van der Waals surface area contributed by atoms with Gasteiger partial charge in [-0.05, 0) is 62.1 Å². The number of hydrogen-bond donors (Lipinski definition) is 0. The Morgan fingerprint density at radius 1 is 1.03 bits per heavy atom. The Balaban J connectivity index is 1.24. The number of ether oxygens (including phenoxy) is 1. The van der Waals surface area contributed by atoms with Gasteiger partial charge in [-0.15, -0.1) is 0 Å². The molecule has 2 aromatic heterocycles. The first-order valence-electron chi connectivity index (χ1n) is 11.8. The van der Waals surface area contributed by atoms with Gasteiger partial charge in [0, 0.05) is 50.4 Å². The summed E-state index contributed by atoms with van der Waals surface area (Å²) in [6.45, 7) is 2.29. The molecule has 168 valence electrons. The summed E-state index contributed by atoms with van der Waals surface area (Å²) < 4.78 is 8.29. The predicted molar refractivity (Wildman–Crippen MR) is 127 cm³/mol. The zero-order chi connectivity index (χ0) is 22.1. The number of aromatic nitrogens is 2. The molecule has 6 heteroatoms. The molecule has 1 aliphatic carbocycles. The smallest absolute Gasteiger partial charge is 0.253 e. The first-order valence-corrected chi connectivity index (χ1v) is 11.8. The molecule has 2 aliphatic rings. The van der Waals surface area contributed by atoms with Gasteiger partial charge in [0.05, 0.1) is 11.7 Å². The molecule has 6 nitrogen and oxygen atoms in total. The van der Waals surface area contributed by atoms with Gasteiger partial charge in [0.2, 0.25) is 0 Å². The third-order valence-corrected chi connectivity index (χ3v) is 6.93. The third kappa shape index (κ3) is 4.24. The molecule has 1 saturated carbocycles. The van der Waals surface area contributed by atoms with E-state index in [0.29, 0.717) is 5.56 Å². The highest BCUT2D eigenvalue weighted by Crippen LogP contribution is 2.28. The van der Waals surface area contributed by atoms with Crippen LogP contribution in [0.4, 0.5) is 0 Å². The lowest BCUT2D eigenvalue weighted by molar-refractivity contribution is 0.0766. The second kappa shape index (κ2) is 8.94. The molecular weight excluding hydrogens is 400 g/mol. The Bertz CT molecular complexity index is 1070. The fourth-order valence-corrected chi connectivity index (χ4v) is 5.14. The fourth-order valence-electron chi connectivity index (χ4n) is 5.14. The van der Waals surface area contributed by atoms with Gasteiger partial charge in [0.25, 0.3) is 5.91 Å². The zero-order valence-electron chi connectivity index (χ0n) is 19.0. The van der Waals surface area contributed by atoms with Crippen LogP contribution in [0.15, 0.2) is 48.8 Å². The first kappa shape index (κ1) is 21.0. The van der Waals surface area contributed by atoms with Crippen molar-refractivity contribution >= 4 is 16.8 Å². The van der Waals surface area contributed by atoms with E-state index < -0.39 is 0 Å². The molecule has 5 rings (SSSR count). The van der Waals surface area contributed by atoms with Gasteiger partial charge in [-0.25, -0.2) is 4.98 Å². The van der Waals surface area contributed by atoms with E-state index in [1.54, 1.807) is 19.0 Å². The number of likely N-dealkylation sites (tertiary alicyclic amines) is 1. The quantitative estimate of drug-likeness (QED) is 0.595. The van der Waals surface area contributed by atoms with Crippen molar-refractivity contribution in [1.82, 2.24) is 19.4 Å². The van der Waals surface area contributed by atoms with Gasteiger partial charge >= 0.3 is 0 Å². The molecule has 1 aromatic carbocycles. The van der Waals surface area contributed by atoms with Crippen LogP contribution in [0.2, 0.25) is 0 Å². The summed E-state index contributed by atoms with van der Waals surface area (Å²) in [5, 5.41) is 1.02.